The van der Waals surface area contributed by atoms with Gasteiger partial charge in [0.2, 0.25) is 0 Å². The average molecular weight is 264 g/mol. The third-order valence-electron chi connectivity index (χ3n) is 3.42. The number of aromatic nitrogens is 1. The number of hydrogen-bond donors (Lipinski definition) is 1. The van der Waals surface area contributed by atoms with Gasteiger partial charge in [0.1, 0.15) is 0 Å². The molecule has 108 valence electrons. The Hall–Kier alpha value is -1.13. The third kappa shape index (κ3) is 4.48. The maximum absolute atomic E-state index is 6.00. The van der Waals surface area contributed by atoms with Crippen molar-refractivity contribution in [3.05, 3.63) is 24.0 Å². The standard InChI is InChI=1S/C15H28N4/c1-6-14(16)15-9-8-13(10-17-15)19(7-2)12(3)11-18(4)5/h8-10,12,14H,6-7,11,16H2,1-5H3/t12?,14-/m0/s1. The number of nitrogens with two attached hydrogens (primary N) is 1. The van der Waals surface area contributed by atoms with Gasteiger partial charge in [-0.3, -0.25) is 4.98 Å². The van der Waals surface area contributed by atoms with Crippen LogP contribution in [0.1, 0.15) is 38.9 Å². The number of pyridine rings is 1. The highest BCUT2D eigenvalue weighted by molar-refractivity contribution is 5.45. The van der Waals surface area contributed by atoms with E-state index in [0.717, 1.165) is 25.2 Å². The van der Waals surface area contributed by atoms with Crippen LogP contribution in [0.2, 0.25) is 0 Å². The number of likely N-dealkylation sites (N-methyl/N-ethyl adjacent to an activating group) is 2. The van der Waals surface area contributed by atoms with Gasteiger partial charge in [0, 0.05) is 25.2 Å². The maximum atomic E-state index is 6.00. The van der Waals surface area contributed by atoms with Gasteiger partial charge < -0.3 is 15.5 Å². The van der Waals surface area contributed by atoms with E-state index in [9.17, 15) is 0 Å². The molecule has 2 N–H and O–H groups in total. The normalized spacial score (nSPS) is 14.5. The van der Waals surface area contributed by atoms with Crippen LogP contribution in [0.3, 0.4) is 0 Å². The number of anilines is 1. The van der Waals surface area contributed by atoms with E-state index in [0.29, 0.717) is 6.04 Å². The molecule has 0 bridgehead atoms. The summed E-state index contributed by atoms with van der Waals surface area (Å²) < 4.78 is 0. The lowest BCUT2D eigenvalue weighted by molar-refractivity contribution is 0.373. The molecule has 1 unspecified atom stereocenters. The van der Waals surface area contributed by atoms with Crippen LogP contribution in [-0.2, 0) is 0 Å². The first kappa shape index (κ1) is 15.9. The highest BCUT2D eigenvalue weighted by Gasteiger charge is 2.14. The third-order valence-corrected chi connectivity index (χ3v) is 3.42. The van der Waals surface area contributed by atoms with Crippen LogP contribution in [-0.4, -0.2) is 43.1 Å². The highest BCUT2D eigenvalue weighted by atomic mass is 15.2. The van der Waals surface area contributed by atoms with Crippen molar-refractivity contribution in [1.82, 2.24) is 9.88 Å². The second-order valence-electron chi connectivity index (χ2n) is 5.35. The van der Waals surface area contributed by atoms with Crippen LogP contribution >= 0.6 is 0 Å². The lowest BCUT2D eigenvalue weighted by Crippen LogP contribution is -2.40. The van der Waals surface area contributed by atoms with Gasteiger partial charge in [0.05, 0.1) is 17.6 Å². The molecule has 1 rings (SSSR count). The highest BCUT2D eigenvalue weighted by Crippen LogP contribution is 2.19. The van der Waals surface area contributed by atoms with Crippen LogP contribution in [0.15, 0.2) is 18.3 Å². The molecule has 19 heavy (non-hydrogen) atoms. The minimum atomic E-state index is 0.0447. The molecule has 1 aromatic heterocycles. The van der Waals surface area contributed by atoms with Gasteiger partial charge in [-0.05, 0) is 46.5 Å². The van der Waals surface area contributed by atoms with Crippen LogP contribution in [0.4, 0.5) is 5.69 Å². The smallest absolute Gasteiger partial charge is 0.0572 e. The summed E-state index contributed by atoms with van der Waals surface area (Å²) in [5.41, 5.74) is 8.14. The molecule has 1 aromatic rings. The minimum absolute atomic E-state index is 0.0447. The first-order chi connectivity index (χ1) is 8.99. The molecular weight excluding hydrogens is 236 g/mol. The summed E-state index contributed by atoms with van der Waals surface area (Å²) in [4.78, 5) is 9.08. The molecule has 0 saturated carbocycles. The molecule has 0 spiro atoms. The van der Waals surface area contributed by atoms with Gasteiger partial charge >= 0.3 is 0 Å². The van der Waals surface area contributed by atoms with Crippen LogP contribution in [0.5, 0.6) is 0 Å². The summed E-state index contributed by atoms with van der Waals surface area (Å²) >= 11 is 0. The van der Waals surface area contributed by atoms with Crippen molar-refractivity contribution in [3.8, 4) is 0 Å². The topological polar surface area (TPSA) is 45.4 Å². The molecule has 2 atom stereocenters. The Morgan fingerprint density at radius 3 is 2.37 bits per heavy atom. The number of nitrogens with zero attached hydrogens (tertiary/aromatic N) is 3. The summed E-state index contributed by atoms with van der Waals surface area (Å²) in [5.74, 6) is 0. The molecule has 4 nitrogen and oxygen atoms in total. The van der Waals surface area contributed by atoms with Gasteiger partial charge in [-0.15, -0.1) is 0 Å². The van der Waals surface area contributed by atoms with E-state index in [2.05, 4.69) is 61.8 Å². The summed E-state index contributed by atoms with van der Waals surface area (Å²) in [6.07, 6.45) is 2.86. The molecule has 0 aliphatic carbocycles. The van der Waals surface area contributed by atoms with E-state index in [1.807, 2.05) is 6.20 Å². The van der Waals surface area contributed by atoms with Crippen molar-refractivity contribution < 1.29 is 0 Å². The molecule has 0 aromatic carbocycles. The van der Waals surface area contributed by atoms with Gasteiger partial charge in [0.15, 0.2) is 0 Å². The summed E-state index contributed by atoms with van der Waals surface area (Å²) in [6, 6.07) is 4.69. The van der Waals surface area contributed by atoms with Crippen molar-refractivity contribution in [2.24, 2.45) is 5.73 Å². The summed E-state index contributed by atoms with van der Waals surface area (Å²) in [7, 11) is 4.21. The predicted octanol–water partition coefficient (Wildman–Crippen LogP) is 2.27. The zero-order valence-electron chi connectivity index (χ0n) is 12.9. The summed E-state index contributed by atoms with van der Waals surface area (Å²) in [6.45, 7) is 8.52. The Morgan fingerprint density at radius 1 is 1.26 bits per heavy atom. The van der Waals surface area contributed by atoms with Gasteiger partial charge in [-0.1, -0.05) is 6.92 Å². The quantitative estimate of drug-likeness (QED) is 0.820. The second-order valence-corrected chi connectivity index (χ2v) is 5.35. The molecule has 0 radical (unpaired) electrons. The Kier molecular flexibility index (Phi) is 6.25. The monoisotopic (exact) mass is 264 g/mol. The Balaban J connectivity index is 2.81. The first-order valence-corrected chi connectivity index (χ1v) is 7.12. The van der Waals surface area contributed by atoms with E-state index < -0.39 is 0 Å². The minimum Gasteiger partial charge on any atom is -0.367 e. The van der Waals surface area contributed by atoms with E-state index in [1.54, 1.807) is 0 Å². The maximum Gasteiger partial charge on any atom is 0.0572 e. The fourth-order valence-electron chi connectivity index (χ4n) is 2.37. The van der Waals surface area contributed by atoms with Crippen molar-refractivity contribution in [2.75, 3.05) is 32.1 Å². The number of hydrogen-bond acceptors (Lipinski definition) is 4. The molecule has 0 saturated heterocycles. The van der Waals surface area contributed by atoms with Crippen LogP contribution in [0.25, 0.3) is 0 Å². The lowest BCUT2D eigenvalue weighted by atomic mass is 10.1. The fourth-order valence-corrected chi connectivity index (χ4v) is 2.37. The van der Waals surface area contributed by atoms with Gasteiger partial charge in [0.25, 0.3) is 0 Å². The molecule has 0 aliphatic rings. The lowest BCUT2D eigenvalue weighted by Gasteiger charge is -2.32. The molecule has 4 heteroatoms. The largest absolute Gasteiger partial charge is 0.367 e. The SMILES string of the molecule is CC[C@H](N)c1ccc(N(CC)C(C)CN(C)C)cn1. The van der Waals surface area contributed by atoms with Crippen molar-refractivity contribution in [1.29, 1.82) is 0 Å². The van der Waals surface area contributed by atoms with E-state index in [4.69, 9.17) is 5.73 Å². The zero-order valence-corrected chi connectivity index (χ0v) is 12.9. The van der Waals surface area contributed by atoms with Crippen LogP contribution in [0, 0.1) is 0 Å². The van der Waals surface area contributed by atoms with Crippen molar-refractivity contribution in [2.45, 2.75) is 39.3 Å². The van der Waals surface area contributed by atoms with E-state index in [-0.39, 0.29) is 6.04 Å². The van der Waals surface area contributed by atoms with Crippen molar-refractivity contribution in [3.63, 3.8) is 0 Å². The van der Waals surface area contributed by atoms with Crippen LogP contribution < -0.4 is 10.6 Å². The zero-order chi connectivity index (χ0) is 14.4. The first-order valence-electron chi connectivity index (χ1n) is 7.12. The fraction of sp³-hybridized carbons (Fsp3) is 0.667. The molecular formula is C15H28N4. The van der Waals surface area contributed by atoms with Gasteiger partial charge in [-0.25, -0.2) is 0 Å². The van der Waals surface area contributed by atoms with Crippen molar-refractivity contribution >= 4 is 5.69 Å². The second kappa shape index (κ2) is 7.46. The average Bonchev–Trinajstić information content (AvgIpc) is 2.38. The Morgan fingerprint density at radius 2 is 1.95 bits per heavy atom. The Bertz CT molecular complexity index is 361. The Labute approximate surface area is 117 Å². The van der Waals surface area contributed by atoms with E-state index >= 15 is 0 Å². The predicted molar refractivity (Wildman–Crippen MR) is 82.5 cm³/mol. The molecule has 0 amide bonds. The molecule has 1 heterocycles. The van der Waals surface area contributed by atoms with E-state index in [1.165, 1.54) is 5.69 Å². The van der Waals surface area contributed by atoms with Gasteiger partial charge in [-0.2, -0.15) is 0 Å². The summed E-state index contributed by atoms with van der Waals surface area (Å²) in [5, 5.41) is 0. The molecule has 0 fully saturated rings. The molecule has 0 aliphatic heterocycles. The number of rotatable bonds is 7.